The first-order valence-electron chi connectivity index (χ1n) is 4.58. The Labute approximate surface area is 87.3 Å². The molecule has 0 radical (unpaired) electrons. The Kier molecular flexibility index (Phi) is 2.66. The number of aliphatic hydroxyl groups is 1. The van der Waals surface area contributed by atoms with Gasteiger partial charge in [0.05, 0.1) is 6.61 Å². The van der Waals surface area contributed by atoms with Crippen LogP contribution in [0, 0.1) is 6.92 Å². The van der Waals surface area contributed by atoms with E-state index in [-0.39, 0.29) is 6.61 Å². The quantitative estimate of drug-likeness (QED) is 0.796. The monoisotopic (exact) mass is 204 g/mol. The molecule has 0 aliphatic carbocycles. The predicted octanol–water partition coefficient (Wildman–Crippen LogP) is 3.22. The highest BCUT2D eigenvalue weighted by atomic mass is 32.1. The van der Waals surface area contributed by atoms with Crippen molar-refractivity contribution in [2.24, 2.45) is 0 Å². The van der Waals surface area contributed by atoms with Crippen LogP contribution in [-0.4, -0.2) is 11.7 Å². The third-order valence-electron chi connectivity index (χ3n) is 2.26. The molecule has 1 nitrogen and oxygen atoms in total. The molecule has 1 aromatic heterocycles. The largest absolute Gasteiger partial charge is 0.392 e. The van der Waals surface area contributed by atoms with Crippen LogP contribution in [0.4, 0.5) is 0 Å². The van der Waals surface area contributed by atoms with E-state index in [0.717, 1.165) is 0 Å². The highest BCUT2D eigenvalue weighted by Crippen LogP contribution is 2.31. The first-order chi connectivity index (χ1) is 6.83. The van der Waals surface area contributed by atoms with E-state index in [2.05, 4.69) is 31.2 Å². The van der Waals surface area contributed by atoms with E-state index in [0.29, 0.717) is 0 Å². The summed E-state index contributed by atoms with van der Waals surface area (Å²) in [6.45, 7) is 2.23. The van der Waals surface area contributed by atoms with Crippen molar-refractivity contribution >= 4 is 27.5 Å². The molecule has 2 heteroatoms. The van der Waals surface area contributed by atoms with E-state index in [1.54, 1.807) is 17.4 Å². The predicted molar refractivity (Wildman–Crippen MR) is 62.7 cm³/mol. The molecule has 2 aromatic rings. The maximum atomic E-state index is 8.71. The van der Waals surface area contributed by atoms with E-state index in [9.17, 15) is 0 Å². The second kappa shape index (κ2) is 3.95. The lowest BCUT2D eigenvalue weighted by atomic mass is 10.1. The highest BCUT2D eigenvalue weighted by Gasteiger charge is 2.03. The van der Waals surface area contributed by atoms with Crippen molar-refractivity contribution in [2.45, 2.75) is 6.92 Å². The second-order valence-electron chi connectivity index (χ2n) is 3.17. The molecule has 14 heavy (non-hydrogen) atoms. The van der Waals surface area contributed by atoms with Gasteiger partial charge in [0.25, 0.3) is 0 Å². The van der Waals surface area contributed by atoms with E-state index in [1.165, 1.54) is 20.5 Å². The fourth-order valence-electron chi connectivity index (χ4n) is 1.51. The van der Waals surface area contributed by atoms with E-state index in [1.807, 2.05) is 6.08 Å². The van der Waals surface area contributed by atoms with Gasteiger partial charge in [0.2, 0.25) is 0 Å². The Morgan fingerprint density at radius 3 is 2.86 bits per heavy atom. The number of hydrogen-bond donors (Lipinski definition) is 1. The van der Waals surface area contributed by atoms with Gasteiger partial charge in [0.1, 0.15) is 0 Å². The molecule has 0 aliphatic rings. The average molecular weight is 204 g/mol. The molecule has 0 aliphatic heterocycles. The van der Waals surface area contributed by atoms with Crippen molar-refractivity contribution in [2.75, 3.05) is 6.61 Å². The van der Waals surface area contributed by atoms with E-state index in [4.69, 9.17) is 5.11 Å². The molecular weight excluding hydrogens is 192 g/mol. The standard InChI is InChI=1S/C12H12OS/c1-9-10-5-2-3-6-12(10)14-11(9)7-4-8-13/h2-7,13H,8H2,1H3. The number of benzene rings is 1. The Morgan fingerprint density at radius 1 is 1.36 bits per heavy atom. The lowest BCUT2D eigenvalue weighted by molar-refractivity contribution is 0.343. The highest BCUT2D eigenvalue weighted by molar-refractivity contribution is 7.20. The molecule has 0 saturated carbocycles. The molecular formula is C12H12OS. The van der Waals surface area contributed by atoms with Crippen molar-refractivity contribution < 1.29 is 5.11 Å². The SMILES string of the molecule is Cc1c(C=CCO)sc2ccccc12. The second-order valence-corrected chi connectivity index (χ2v) is 4.26. The van der Waals surface area contributed by atoms with Crippen LogP contribution in [-0.2, 0) is 0 Å². The van der Waals surface area contributed by atoms with Crippen molar-refractivity contribution in [1.29, 1.82) is 0 Å². The minimum atomic E-state index is 0.105. The summed E-state index contributed by atoms with van der Waals surface area (Å²) in [6.07, 6.45) is 3.76. The van der Waals surface area contributed by atoms with E-state index >= 15 is 0 Å². The maximum Gasteiger partial charge on any atom is 0.0615 e. The molecule has 0 unspecified atom stereocenters. The topological polar surface area (TPSA) is 20.2 Å². The molecule has 2 rings (SSSR count). The molecule has 0 spiro atoms. The zero-order valence-electron chi connectivity index (χ0n) is 8.03. The van der Waals surface area contributed by atoms with Gasteiger partial charge in [-0.3, -0.25) is 0 Å². The lowest BCUT2D eigenvalue weighted by Crippen LogP contribution is -1.73. The van der Waals surface area contributed by atoms with Gasteiger partial charge in [-0.15, -0.1) is 11.3 Å². The lowest BCUT2D eigenvalue weighted by Gasteiger charge is -1.90. The van der Waals surface area contributed by atoms with Gasteiger partial charge in [-0.05, 0) is 30.0 Å². The summed E-state index contributed by atoms with van der Waals surface area (Å²) in [5.41, 5.74) is 1.30. The van der Waals surface area contributed by atoms with Crippen LogP contribution in [0.2, 0.25) is 0 Å². The van der Waals surface area contributed by atoms with Gasteiger partial charge >= 0.3 is 0 Å². The number of thiophene rings is 1. The zero-order chi connectivity index (χ0) is 9.97. The number of hydrogen-bond acceptors (Lipinski definition) is 2. The van der Waals surface area contributed by atoms with Gasteiger partial charge in [-0.2, -0.15) is 0 Å². The number of aryl methyl sites for hydroxylation is 1. The Morgan fingerprint density at radius 2 is 2.14 bits per heavy atom. The Balaban J connectivity index is 2.57. The fourth-order valence-corrected chi connectivity index (χ4v) is 2.65. The third kappa shape index (κ3) is 1.59. The smallest absolute Gasteiger partial charge is 0.0615 e. The summed E-state index contributed by atoms with van der Waals surface area (Å²) in [5.74, 6) is 0. The van der Waals surface area contributed by atoms with Gasteiger partial charge in [-0.1, -0.05) is 24.3 Å². The van der Waals surface area contributed by atoms with Crippen LogP contribution < -0.4 is 0 Å². The third-order valence-corrected chi connectivity index (χ3v) is 3.49. The van der Waals surface area contributed by atoms with Crippen LogP contribution in [0.5, 0.6) is 0 Å². The zero-order valence-corrected chi connectivity index (χ0v) is 8.84. The maximum absolute atomic E-state index is 8.71. The molecule has 0 fully saturated rings. The number of fused-ring (bicyclic) bond motifs is 1. The first-order valence-corrected chi connectivity index (χ1v) is 5.40. The van der Waals surface area contributed by atoms with Crippen LogP contribution in [0.3, 0.4) is 0 Å². The van der Waals surface area contributed by atoms with Crippen LogP contribution in [0.25, 0.3) is 16.2 Å². The summed E-state index contributed by atoms with van der Waals surface area (Å²) in [4.78, 5) is 1.24. The summed E-state index contributed by atoms with van der Waals surface area (Å²) >= 11 is 1.77. The van der Waals surface area contributed by atoms with Gasteiger partial charge in [0, 0.05) is 9.58 Å². The number of rotatable bonds is 2. The average Bonchev–Trinajstić information content (AvgIpc) is 2.54. The first kappa shape index (κ1) is 9.44. The normalized spacial score (nSPS) is 11.6. The summed E-state index contributed by atoms with van der Waals surface area (Å²) in [5, 5.41) is 10.0. The molecule has 1 N–H and O–H groups in total. The van der Waals surface area contributed by atoms with Crippen molar-refractivity contribution in [3.05, 3.63) is 40.8 Å². The summed E-state index contributed by atoms with van der Waals surface area (Å²) in [6, 6.07) is 8.38. The molecule has 72 valence electrons. The van der Waals surface area contributed by atoms with Crippen LogP contribution in [0.1, 0.15) is 10.4 Å². The molecule has 1 aromatic carbocycles. The Hall–Kier alpha value is -1.12. The minimum absolute atomic E-state index is 0.105. The van der Waals surface area contributed by atoms with Gasteiger partial charge in [-0.25, -0.2) is 0 Å². The van der Waals surface area contributed by atoms with Gasteiger partial charge < -0.3 is 5.11 Å². The van der Waals surface area contributed by atoms with Crippen LogP contribution >= 0.6 is 11.3 Å². The minimum Gasteiger partial charge on any atom is -0.392 e. The molecule has 0 saturated heterocycles. The van der Waals surface area contributed by atoms with Crippen molar-refractivity contribution in [3.63, 3.8) is 0 Å². The van der Waals surface area contributed by atoms with Gasteiger partial charge in [0.15, 0.2) is 0 Å². The molecule has 0 amide bonds. The number of aliphatic hydroxyl groups excluding tert-OH is 1. The van der Waals surface area contributed by atoms with Crippen molar-refractivity contribution in [3.8, 4) is 0 Å². The molecule has 0 bridgehead atoms. The fraction of sp³-hybridized carbons (Fsp3) is 0.167. The Bertz CT molecular complexity index is 468. The van der Waals surface area contributed by atoms with E-state index < -0.39 is 0 Å². The van der Waals surface area contributed by atoms with Crippen LogP contribution in [0.15, 0.2) is 30.3 Å². The molecule has 1 heterocycles. The summed E-state index contributed by atoms with van der Waals surface area (Å²) in [7, 11) is 0. The summed E-state index contributed by atoms with van der Waals surface area (Å²) < 4.78 is 1.31. The van der Waals surface area contributed by atoms with Crippen molar-refractivity contribution in [1.82, 2.24) is 0 Å². The molecule has 0 atom stereocenters.